The number of nitrogens with zero attached hydrogens (tertiary/aromatic N) is 2. The molecule has 3 atom stereocenters. The maximum Gasteiger partial charge on any atom is 0.255 e. The van der Waals surface area contributed by atoms with Crippen LogP contribution >= 0.6 is 0 Å². The molecule has 2 aromatic rings. The van der Waals surface area contributed by atoms with Gasteiger partial charge in [0.2, 0.25) is 5.91 Å². The van der Waals surface area contributed by atoms with Crippen molar-refractivity contribution < 1.29 is 4.79 Å². The van der Waals surface area contributed by atoms with Crippen molar-refractivity contribution in [1.82, 2.24) is 9.55 Å². The highest BCUT2D eigenvalue weighted by Gasteiger charge is 2.55. The zero-order valence-corrected chi connectivity index (χ0v) is 14.4. The van der Waals surface area contributed by atoms with Crippen LogP contribution in [-0.4, -0.2) is 15.5 Å². The number of amides is 1. The first-order valence-electron chi connectivity index (χ1n) is 8.95. The highest BCUT2D eigenvalue weighted by Crippen LogP contribution is 2.57. The normalized spacial score (nSPS) is 27.4. The summed E-state index contributed by atoms with van der Waals surface area (Å²) in [6.45, 7) is 0. The molecule has 0 aliphatic heterocycles. The van der Waals surface area contributed by atoms with E-state index in [0.717, 1.165) is 25.7 Å². The third-order valence-electron chi connectivity index (χ3n) is 6.01. The summed E-state index contributed by atoms with van der Waals surface area (Å²) >= 11 is 0. The fourth-order valence-corrected chi connectivity index (χ4v) is 4.75. The molecule has 3 unspecified atom stereocenters. The Morgan fingerprint density at radius 1 is 1.32 bits per heavy atom. The quantitative estimate of drug-likeness (QED) is 0.933. The number of hydrogen-bond acceptors (Lipinski definition) is 3. The molecular formula is C20H23N3O2. The van der Waals surface area contributed by atoms with E-state index in [9.17, 15) is 9.59 Å². The summed E-state index contributed by atoms with van der Waals surface area (Å²) in [7, 11) is 1.65. The average Bonchev–Trinajstić information content (AvgIpc) is 3.21. The molecule has 2 aliphatic carbocycles. The Labute approximate surface area is 147 Å². The van der Waals surface area contributed by atoms with Crippen LogP contribution in [0.5, 0.6) is 0 Å². The van der Waals surface area contributed by atoms with E-state index in [1.165, 1.54) is 28.9 Å². The van der Waals surface area contributed by atoms with Crippen LogP contribution in [-0.2, 0) is 18.3 Å². The van der Waals surface area contributed by atoms with Crippen LogP contribution in [0.4, 0.5) is 5.82 Å². The van der Waals surface area contributed by atoms with E-state index in [1.807, 2.05) is 18.2 Å². The maximum absolute atomic E-state index is 13.3. The second-order valence-corrected chi connectivity index (χ2v) is 7.58. The Morgan fingerprint density at radius 2 is 2.12 bits per heavy atom. The van der Waals surface area contributed by atoms with Gasteiger partial charge >= 0.3 is 0 Å². The van der Waals surface area contributed by atoms with E-state index in [4.69, 9.17) is 0 Å². The average molecular weight is 337 g/mol. The molecule has 4 rings (SSSR count). The Hall–Kier alpha value is -2.43. The number of anilines is 1. The monoisotopic (exact) mass is 337 g/mol. The minimum absolute atomic E-state index is 0.0179. The molecule has 5 nitrogen and oxygen atoms in total. The van der Waals surface area contributed by atoms with Crippen molar-refractivity contribution in [2.75, 3.05) is 5.32 Å². The smallest absolute Gasteiger partial charge is 0.255 e. The number of aryl methyl sites for hydroxylation is 1. The van der Waals surface area contributed by atoms with Gasteiger partial charge < -0.3 is 9.88 Å². The third-order valence-corrected chi connectivity index (χ3v) is 6.01. The molecule has 25 heavy (non-hydrogen) atoms. The first kappa shape index (κ1) is 16.1. The molecule has 1 aromatic heterocycles. The van der Waals surface area contributed by atoms with Crippen LogP contribution in [0.15, 0.2) is 47.5 Å². The third kappa shape index (κ3) is 2.88. The van der Waals surface area contributed by atoms with Crippen LogP contribution in [0.1, 0.15) is 31.2 Å². The SMILES string of the molecule is Cn1cnc(NC(=O)C2(Cc3ccccc3)CC3CCC2C3)cc1=O. The van der Waals surface area contributed by atoms with Crippen molar-refractivity contribution in [3.8, 4) is 0 Å². The van der Waals surface area contributed by atoms with Crippen molar-refractivity contribution in [3.63, 3.8) is 0 Å². The largest absolute Gasteiger partial charge is 0.310 e. The molecule has 2 saturated carbocycles. The maximum atomic E-state index is 13.3. The fraction of sp³-hybridized carbons (Fsp3) is 0.450. The Kier molecular flexibility index (Phi) is 3.94. The number of carbonyl (C=O) groups excluding carboxylic acids is 1. The van der Waals surface area contributed by atoms with Crippen LogP contribution < -0.4 is 10.9 Å². The van der Waals surface area contributed by atoms with E-state index < -0.39 is 0 Å². The number of carbonyl (C=O) groups is 1. The van der Waals surface area contributed by atoms with Gasteiger partial charge in [0.1, 0.15) is 5.82 Å². The number of aromatic nitrogens is 2. The Bertz CT molecular complexity index is 846. The fourth-order valence-electron chi connectivity index (χ4n) is 4.75. The Balaban J connectivity index is 1.63. The van der Waals surface area contributed by atoms with Gasteiger partial charge in [0, 0.05) is 13.1 Å². The first-order valence-corrected chi connectivity index (χ1v) is 8.95. The molecule has 0 radical (unpaired) electrons. The molecule has 1 N–H and O–H groups in total. The minimum Gasteiger partial charge on any atom is -0.310 e. The van der Waals surface area contributed by atoms with Crippen molar-refractivity contribution in [3.05, 3.63) is 58.6 Å². The molecular weight excluding hydrogens is 314 g/mol. The summed E-state index contributed by atoms with van der Waals surface area (Å²) in [4.78, 5) is 29.3. The summed E-state index contributed by atoms with van der Waals surface area (Å²) < 4.78 is 1.40. The summed E-state index contributed by atoms with van der Waals surface area (Å²) in [6.07, 6.45) is 6.63. The van der Waals surface area contributed by atoms with Crippen LogP contribution in [0, 0.1) is 17.3 Å². The predicted octanol–water partition coefficient (Wildman–Crippen LogP) is 2.77. The Morgan fingerprint density at radius 3 is 2.76 bits per heavy atom. The molecule has 130 valence electrons. The lowest BCUT2D eigenvalue weighted by molar-refractivity contribution is -0.128. The van der Waals surface area contributed by atoms with E-state index in [2.05, 4.69) is 22.4 Å². The van der Waals surface area contributed by atoms with Crippen LogP contribution in [0.3, 0.4) is 0 Å². The van der Waals surface area contributed by atoms with Gasteiger partial charge in [-0.2, -0.15) is 0 Å². The number of nitrogens with one attached hydrogen (secondary N) is 1. The van der Waals surface area contributed by atoms with Gasteiger partial charge in [0.05, 0.1) is 11.7 Å². The molecule has 2 aliphatic rings. The highest BCUT2D eigenvalue weighted by atomic mass is 16.2. The van der Waals surface area contributed by atoms with Gasteiger partial charge in [-0.3, -0.25) is 9.59 Å². The van der Waals surface area contributed by atoms with Gasteiger partial charge in [-0.05, 0) is 43.1 Å². The molecule has 1 amide bonds. The topological polar surface area (TPSA) is 64.0 Å². The zero-order valence-electron chi connectivity index (χ0n) is 14.4. The molecule has 2 fully saturated rings. The standard InChI is InChI=1S/C20H23N3O2/c1-23-13-21-17(10-18(23)24)22-19(25)20(11-14-5-3-2-4-6-14)12-15-7-8-16(20)9-15/h2-6,10,13,15-16H,7-9,11-12H2,1H3,(H,22,25). The molecule has 2 bridgehead atoms. The van der Waals surface area contributed by atoms with Crippen molar-refractivity contribution in [2.45, 2.75) is 32.1 Å². The van der Waals surface area contributed by atoms with Crippen molar-refractivity contribution in [2.24, 2.45) is 24.3 Å². The molecule has 0 saturated heterocycles. The number of benzene rings is 1. The van der Waals surface area contributed by atoms with E-state index in [0.29, 0.717) is 17.7 Å². The summed E-state index contributed by atoms with van der Waals surface area (Å²) in [5.74, 6) is 1.44. The zero-order chi connectivity index (χ0) is 17.4. The molecule has 1 heterocycles. The van der Waals surface area contributed by atoms with Crippen LogP contribution in [0.25, 0.3) is 0 Å². The molecule has 1 aromatic carbocycles. The number of hydrogen-bond donors (Lipinski definition) is 1. The number of fused-ring (bicyclic) bond motifs is 2. The second kappa shape index (κ2) is 6.14. The van der Waals surface area contributed by atoms with Gasteiger partial charge in [-0.25, -0.2) is 4.98 Å². The minimum atomic E-state index is -0.382. The van der Waals surface area contributed by atoms with E-state index >= 15 is 0 Å². The summed E-state index contributed by atoms with van der Waals surface area (Å²) in [5, 5.41) is 2.93. The van der Waals surface area contributed by atoms with Crippen LogP contribution in [0.2, 0.25) is 0 Å². The highest BCUT2D eigenvalue weighted by molar-refractivity contribution is 5.95. The lowest BCUT2D eigenvalue weighted by Gasteiger charge is -2.36. The lowest BCUT2D eigenvalue weighted by atomic mass is 9.68. The second-order valence-electron chi connectivity index (χ2n) is 7.58. The van der Waals surface area contributed by atoms with Gasteiger partial charge in [-0.1, -0.05) is 36.8 Å². The van der Waals surface area contributed by atoms with E-state index in [-0.39, 0.29) is 16.9 Å². The van der Waals surface area contributed by atoms with Gasteiger partial charge in [-0.15, -0.1) is 0 Å². The number of rotatable bonds is 4. The summed E-state index contributed by atoms with van der Waals surface area (Å²) in [6, 6.07) is 11.6. The predicted molar refractivity (Wildman–Crippen MR) is 96.1 cm³/mol. The van der Waals surface area contributed by atoms with Crippen molar-refractivity contribution >= 4 is 11.7 Å². The van der Waals surface area contributed by atoms with Gasteiger partial charge in [0.15, 0.2) is 0 Å². The van der Waals surface area contributed by atoms with Crippen molar-refractivity contribution in [1.29, 1.82) is 0 Å². The molecule has 0 spiro atoms. The first-order chi connectivity index (χ1) is 12.1. The summed E-state index contributed by atoms with van der Waals surface area (Å²) in [5.41, 5.74) is 0.644. The molecule has 5 heteroatoms. The van der Waals surface area contributed by atoms with Gasteiger partial charge in [0.25, 0.3) is 5.56 Å². The van der Waals surface area contributed by atoms with E-state index in [1.54, 1.807) is 7.05 Å². The lowest BCUT2D eigenvalue weighted by Crippen LogP contribution is -2.43.